The second kappa shape index (κ2) is 8.87. The third kappa shape index (κ3) is 3.91. The Balaban J connectivity index is 1.61. The lowest BCUT2D eigenvalue weighted by atomic mass is 9.81. The number of hydrogen-bond acceptors (Lipinski definition) is 1. The molecule has 0 radical (unpaired) electrons. The van der Waals surface area contributed by atoms with Gasteiger partial charge in [0.1, 0.15) is 5.56 Å². The van der Waals surface area contributed by atoms with E-state index >= 15 is 8.78 Å². The average molecular weight is 498 g/mol. The zero-order valence-electron chi connectivity index (χ0n) is 20.0. The molecule has 36 heavy (non-hydrogen) atoms. The lowest BCUT2D eigenvalue weighted by Gasteiger charge is -2.18. The third-order valence-electron chi connectivity index (χ3n) is 7.14. The summed E-state index contributed by atoms with van der Waals surface area (Å²) >= 11 is 0. The van der Waals surface area contributed by atoms with Gasteiger partial charge in [0, 0.05) is 36.5 Å². The summed E-state index contributed by atoms with van der Waals surface area (Å²) in [5.74, 6) is -5.34. The van der Waals surface area contributed by atoms with Crippen molar-refractivity contribution in [1.82, 2.24) is 0 Å². The number of fused-ring (bicyclic) bond motifs is 1. The Morgan fingerprint density at radius 3 is 2.19 bits per heavy atom. The molecule has 2 aliphatic rings. The van der Waals surface area contributed by atoms with Crippen LogP contribution in [-0.4, -0.2) is 23.4 Å². The van der Waals surface area contributed by atoms with E-state index in [-0.39, 0.29) is 11.4 Å². The smallest absolute Gasteiger partial charge is 0.372 e. The fourth-order valence-corrected chi connectivity index (χ4v) is 5.16. The molecule has 2 nitrogen and oxygen atoms in total. The largest absolute Gasteiger partial charge is 0.493 e. The molecule has 5 rings (SSSR count). The van der Waals surface area contributed by atoms with E-state index in [0.29, 0.717) is 17.7 Å². The summed E-state index contributed by atoms with van der Waals surface area (Å²) < 4.78 is 74.7. The van der Waals surface area contributed by atoms with Gasteiger partial charge < -0.3 is 4.90 Å². The summed E-state index contributed by atoms with van der Waals surface area (Å²) in [4.78, 5) is 2.30. The number of alkyl halides is 2. The van der Waals surface area contributed by atoms with Crippen LogP contribution in [0.2, 0.25) is 0 Å². The molecule has 0 aliphatic carbocycles. The number of para-hydroxylation sites is 1. The summed E-state index contributed by atoms with van der Waals surface area (Å²) in [5, 5.41) is 0. The molecule has 3 aromatic rings. The van der Waals surface area contributed by atoms with Crippen LogP contribution in [0, 0.1) is 17.5 Å². The van der Waals surface area contributed by atoms with Crippen LogP contribution in [0.15, 0.2) is 66.7 Å². The van der Waals surface area contributed by atoms with Crippen molar-refractivity contribution in [3.05, 3.63) is 101 Å². The van der Waals surface area contributed by atoms with E-state index in [2.05, 4.69) is 4.90 Å². The lowest BCUT2D eigenvalue weighted by molar-refractivity contribution is -0.625. The molecule has 0 saturated carbocycles. The number of halogens is 5. The van der Waals surface area contributed by atoms with Gasteiger partial charge in [-0.2, -0.15) is 0 Å². The summed E-state index contributed by atoms with van der Waals surface area (Å²) in [5.41, 5.74) is 0.863. The number of rotatable bonds is 5. The van der Waals surface area contributed by atoms with Crippen molar-refractivity contribution in [3.63, 3.8) is 0 Å². The molecule has 0 amide bonds. The molecule has 0 spiro atoms. The van der Waals surface area contributed by atoms with E-state index in [1.807, 2.05) is 24.3 Å². The first-order valence-electron chi connectivity index (χ1n) is 11.9. The Labute approximate surface area is 207 Å². The minimum atomic E-state index is -3.98. The first-order chi connectivity index (χ1) is 17.1. The topological polar surface area (TPSA) is 6.25 Å². The fourth-order valence-electron chi connectivity index (χ4n) is 5.16. The Hall–Kier alpha value is -3.48. The normalized spacial score (nSPS) is 17.4. The van der Waals surface area contributed by atoms with Gasteiger partial charge in [-0.25, -0.2) is 13.2 Å². The van der Waals surface area contributed by atoms with Gasteiger partial charge in [-0.15, -0.1) is 13.4 Å². The maximum absolute atomic E-state index is 16.0. The predicted octanol–water partition coefficient (Wildman–Crippen LogP) is 7.54. The molecule has 0 N–H and O–H groups in total. The molecule has 0 unspecified atom stereocenters. The van der Waals surface area contributed by atoms with E-state index in [1.165, 1.54) is 6.07 Å². The van der Waals surface area contributed by atoms with Crippen LogP contribution >= 0.6 is 0 Å². The standard InChI is InChI=1S/C29H26F5N2/c1-28(2)21-7-3-4-8-24(21)36(29(33,34)22-14-15-23(30)27(32)26(22)31)25(28)16-11-19-9-12-20(13-10-19)35-17-5-6-18-35/h3-4,7-16H,5-6,17-18H2,1-2H3/q+1. The highest BCUT2D eigenvalue weighted by Gasteiger charge is 2.57. The summed E-state index contributed by atoms with van der Waals surface area (Å²) in [6, 6.07) is 11.6. The molecular formula is C29H26F5N2+. The average Bonchev–Trinajstić information content (AvgIpc) is 3.47. The fraction of sp³-hybridized carbons (Fsp3) is 0.276. The van der Waals surface area contributed by atoms with Crippen molar-refractivity contribution in [2.75, 3.05) is 18.0 Å². The predicted molar refractivity (Wildman–Crippen MR) is 132 cm³/mol. The van der Waals surface area contributed by atoms with Crippen LogP contribution in [0.3, 0.4) is 0 Å². The zero-order valence-corrected chi connectivity index (χ0v) is 20.0. The van der Waals surface area contributed by atoms with Crippen molar-refractivity contribution in [2.45, 2.75) is 38.2 Å². The first-order valence-corrected chi connectivity index (χ1v) is 11.9. The summed E-state index contributed by atoms with van der Waals surface area (Å²) in [6.45, 7) is 5.65. The SMILES string of the molecule is CC1(C)C(C=Cc2ccc(N3CCCC3)cc2)=[N+](C(F)(F)c2ccc(F)c(F)c2F)c2ccccc21. The third-order valence-corrected chi connectivity index (χ3v) is 7.14. The molecular weight excluding hydrogens is 471 g/mol. The molecule has 0 atom stereocenters. The van der Waals surface area contributed by atoms with Gasteiger partial charge in [0.15, 0.2) is 23.2 Å². The summed E-state index contributed by atoms with van der Waals surface area (Å²) in [6.07, 6.45) is 5.66. The quantitative estimate of drug-likeness (QED) is 0.153. The molecule has 7 heteroatoms. The molecule has 186 valence electrons. The monoisotopic (exact) mass is 497 g/mol. The van der Waals surface area contributed by atoms with E-state index in [1.54, 1.807) is 44.2 Å². The minimum absolute atomic E-state index is 0.181. The van der Waals surface area contributed by atoms with Crippen molar-refractivity contribution in [2.24, 2.45) is 0 Å². The number of anilines is 1. The Morgan fingerprint density at radius 1 is 0.833 bits per heavy atom. The Bertz CT molecular complexity index is 1370. The van der Waals surface area contributed by atoms with Crippen LogP contribution in [0.1, 0.15) is 43.4 Å². The Kier molecular flexibility index (Phi) is 5.97. The number of benzene rings is 3. The second-order valence-electron chi connectivity index (χ2n) is 9.75. The van der Waals surface area contributed by atoms with Gasteiger partial charge in [0.2, 0.25) is 5.69 Å². The summed E-state index contributed by atoms with van der Waals surface area (Å²) in [7, 11) is 0. The van der Waals surface area contributed by atoms with Crippen LogP contribution < -0.4 is 4.90 Å². The van der Waals surface area contributed by atoms with Crippen LogP contribution in [0.25, 0.3) is 6.08 Å². The van der Waals surface area contributed by atoms with E-state index in [0.717, 1.165) is 41.8 Å². The highest BCUT2D eigenvalue weighted by Crippen LogP contribution is 2.47. The van der Waals surface area contributed by atoms with Gasteiger partial charge in [-0.1, -0.05) is 30.3 Å². The molecule has 1 saturated heterocycles. The van der Waals surface area contributed by atoms with Crippen LogP contribution in [-0.2, 0) is 11.5 Å². The molecule has 2 heterocycles. The van der Waals surface area contributed by atoms with Crippen molar-refractivity contribution < 1.29 is 26.5 Å². The van der Waals surface area contributed by atoms with E-state index in [9.17, 15) is 13.2 Å². The molecule has 0 bridgehead atoms. The maximum Gasteiger partial charge on any atom is 0.493 e. The van der Waals surface area contributed by atoms with E-state index < -0.39 is 34.5 Å². The highest BCUT2D eigenvalue weighted by atomic mass is 19.3. The van der Waals surface area contributed by atoms with Crippen molar-refractivity contribution in [3.8, 4) is 0 Å². The Morgan fingerprint density at radius 2 is 1.50 bits per heavy atom. The molecule has 0 aromatic heterocycles. The van der Waals surface area contributed by atoms with Gasteiger partial charge in [0.25, 0.3) is 0 Å². The van der Waals surface area contributed by atoms with Crippen LogP contribution in [0.4, 0.5) is 33.3 Å². The number of hydrogen-bond donors (Lipinski definition) is 0. The van der Waals surface area contributed by atoms with Gasteiger partial charge in [-0.05, 0) is 62.6 Å². The highest BCUT2D eigenvalue weighted by molar-refractivity contribution is 6.05. The van der Waals surface area contributed by atoms with Gasteiger partial charge in [0.05, 0.1) is 5.41 Å². The van der Waals surface area contributed by atoms with Crippen LogP contribution in [0.5, 0.6) is 0 Å². The van der Waals surface area contributed by atoms with Crippen molar-refractivity contribution >= 4 is 23.2 Å². The minimum Gasteiger partial charge on any atom is -0.372 e. The number of allylic oxidation sites excluding steroid dienone is 1. The molecule has 1 fully saturated rings. The second-order valence-corrected chi connectivity index (χ2v) is 9.75. The zero-order chi connectivity index (χ0) is 25.7. The van der Waals surface area contributed by atoms with E-state index in [4.69, 9.17) is 0 Å². The maximum atomic E-state index is 16.0. The number of nitrogens with zero attached hydrogens (tertiary/aromatic N) is 2. The molecule has 3 aromatic carbocycles. The van der Waals surface area contributed by atoms with Gasteiger partial charge in [-0.3, -0.25) is 0 Å². The van der Waals surface area contributed by atoms with Gasteiger partial charge >= 0.3 is 6.05 Å². The lowest BCUT2D eigenvalue weighted by Crippen LogP contribution is -2.35. The van der Waals surface area contributed by atoms with Crippen molar-refractivity contribution in [1.29, 1.82) is 0 Å². The molecule has 2 aliphatic heterocycles. The first kappa shape index (κ1) is 24.2.